The zero-order chi connectivity index (χ0) is 24.0. The molecule has 1 aliphatic rings. The molecule has 5 nitrogen and oxygen atoms in total. The van der Waals surface area contributed by atoms with Crippen molar-refractivity contribution in [3.63, 3.8) is 0 Å². The van der Waals surface area contributed by atoms with E-state index in [9.17, 15) is 8.42 Å². The van der Waals surface area contributed by atoms with E-state index in [1.807, 2.05) is 48.5 Å². The van der Waals surface area contributed by atoms with E-state index in [2.05, 4.69) is 43.0 Å². The molecule has 0 atom stereocenters. The van der Waals surface area contributed by atoms with Crippen molar-refractivity contribution in [3.05, 3.63) is 102 Å². The molecule has 0 N–H and O–H groups in total. The predicted molar refractivity (Wildman–Crippen MR) is 136 cm³/mol. The Morgan fingerprint density at radius 1 is 0.735 bits per heavy atom. The summed E-state index contributed by atoms with van der Waals surface area (Å²) in [6.45, 7) is 7.96. The Morgan fingerprint density at radius 2 is 1.26 bits per heavy atom. The molecule has 1 saturated heterocycles. The first kappa shape index (κ1) is 24.6. The topological polar surface area (TPSA) is 49.9 Å². The van der Waals surface area contributed by atoms with E-state index in [4.69, 9.17) is 4.74 Å². The summed E-state index contributed by atoms with van der Waals surface area (Å²) >= 11 is 0. The highest BCUT2D eigenvalue weighted by atomic mass is 32.2. The largest absolute Gasteiger partial charge is 0.367 e. The molecule has 0 bridgehead atoms. The van der Waals surface area contributed by atoms with Crippen molar-refractivity contribution in [3.8, 4) is 0 Å². The van der Waals surface area contributed by atoms with Crippen LogP contribution in [0.3, 0.4) is 0 Å². The van der Waals surface area contributed by atoms with E-state index < -0.39 is 10.0 Å². The fourth-order valence-electron chi connectivity index (χ4n) is 4.31. The number of hydrogen-bond donors (Lipinski definition) is 0. The minimum atomic E-state index is -3.46. The lowest BCUT2D eigenvalue weighted by Crippen LogP contribution is -2.49. The van der Waals surface area contributed by atoms with Crippen molar-refractivity contribution in [2.45, 2.75) is 30.8 Å². The van der Waals surface area contributed by atoms with Gasteiger partial charge in [-0.15, -0.1) is 0 Å². The van der Waals surface area contributed by atoms with Crippen LogP contribution < -0.4 is 0 Å². The van der Waals surface area contributed by atoms with Crippen LogP contribution in [-0.2, 0) is 14.8 Å². The third-order valence-electron chi connectivity index (χ3n) is 6.41. The maximum atomic E-state index is 13.1. The van der Waals surface area contributed by atoms with Crippen molar-refractivity contribution in [1.82, 2.24) is 9.21 Å². The summed E-state index contributed by atoms with van der Waals surface area (Å²) in [5.41, 5.74) is 3.41. The van der Waals surface area contributed by atoms with Gasteiger partial charge in [-0.25, -0.2) is 8.42 Å². The number of nitrogens with zero attached hydrogens (tertiary/aromatic N) is 2. The number of rotatable bonds is 9. The van der Waals surface area contributed by atoms with Gasteiger partial charge in [0.05, 0.1) is 11.5 Å². The predicted octanol–water partition coefficient (Wildman–Crippen LogP) is 4.92. The number of piperazine rings is 1. The van der Waals surface area contributed by atoms with Crippen LogP contribution in [0.1, 0.15) is 42.6 Å². The number of sulfonamides is 1. The maximum Gasteiger partial charge on any atom is 0.243 e. The van der Waals surface area contributed by atoms with Crippen LogP contribution in [0.5, 0.6) is 0 Å². The smallest absolute Gasteiger partial charge is 0.243 e. The molecule has 34 heavy (non-hydrogen) atoms. The lowest BCUT2D eigenvalue weighted by Gasteiger charge is -2.34. The zero-order valence-corrected chi connectivity index (χ0v) is 20.8. The Hall–Kier alpha value is -2.51. The first-order chi connectivity index (χ1) is 16.4. The molecular formula is C28H34N2O3S. The maximum absolute atomic E-state index is 13.1. The monoisotopic (exact) mass is 478 g/mol. The van der Waals surface area contributed by atoms with Crippen LogP contribution in [-0.4, -0.2) is 57.0 Å². The van der Waals surface area contributed by atoms with Crippen molar-refractivity contribution in [2.75, 3.05) is 39.3 Å². The molecule has 1 aliphatic heterocycles. The minimum absolute atomic E-state index is 0.113. The Kier molecular flexibility index (Phi) is 8.16. The molecule has 4 rings (SSSR count). The van der Waals surface area contributed by atoms with Gasteiger partial charge in [0, 0.05) is 32.7 Å². The number of hydrogen-bond acceptors (Lipinski definition) is 4. The van der Waals surface area contributed by atoms with Crippen LogP contribution in [0.4, 0.5) is 0 Å². The molecule has 0 radical (unpaired) electrons. The fraction of sp³-hybridized carbons (Fsp3) is 0.357. The van der Waals surface area contributed by atoms with Gasteiger partial charge >= 0.3 is 0 Å². The lowest BCUT2D eigenvalue weighted by atomic mass is 10.0. The third kappa shape index (κ3) is 5.94. The summed E-state index contributed by atoms with van der Waals surface area (Å²) in [5, 5.41) is 0. The van der Waals surface area contributed by atoms with Gasteiger partial charge in [-0.1, -0.05) is 86.6 Å². The molecule has 0 amide bonds. The summed E-state index contributed by atoms with van der Waals surface area (Å²) < 4.78 is 34.1. The second kappa shape index (κ2) is 11.3. The van der Waals surface area contributed by atoms with Crippen molar-refractivity contribution < 1.29 is 13.2 Å². The summed E-state index contributed by atoms with van der Waals surface area (Å²) in [6.07, 6.45) is -0.113. The highest BCUT2D eigenvalue weighted by Gasteiger charge is 2.28. The molecule has 0 aliphatic carbocycles. The van der Waals surface area contributed by atoms with Crippen LogP contribution in [0.2, 0.25) is 0 Å². The lowest BCUT2D eigenvalue weighted by molar-refractivity contribution is 0.0527. The molecule has 180 valence electrons. The average Bonchev–Trinajstić information content (AvgIpc) is 2.88. The highest BCUT2D eigenvalue weighted by molar-refractivity contribution is 7.89. The van der Waals surface area contributed by atoms with Gasteiger partial charge in [0.1, 0.15) is 6.10 Å². The molecule has 0 aromatic heterocycles. The van der Waals surface area contributed by atoms with E-state index in [0.29, 0.717) is 43.6 Å². The van der Waals surface area contributed by atoms with E-state index in [-0.39, 0.29) is 6.10 Å². The second-order valence-electron chi connectivity index (χ2n) is 9.04. The van der Waals surface area contributed by atoms with E-state index in [1.165, 1.54) is 0 Å². The Bertz CT molecular complexity index is 1090. The van der Waals surface area contributed by atoms with Gasteiger partial charge in [-0.2, -0.15) is 4.31 Å². The van der Waals surface area contributed by atoms with Gasteiger partial charge < -0.3 is 4.74 Å². The molecule has 3 aromatic rings. The Labute approximate surface area is 204 Å². The van der Waals surface area contributed by atoms with Crippen molar-refractivity contribution in [1.29, 1.82) is 0 Å². The molecule has 0 saturated carbocycles. The summed E-state index contributed by atoms with van der Waals surface area (Å²) in [5.74, 6) is 0.380. The molecule has 1 heterocycles. The van der Waals surface area contributed by atoms with Crippen LogP contribution in [0.25, 0.3) is 0 Å². The number of benzene rings is 3. The molecule has 3 aromatic carbocycles. The van der Waals surface area contributed by atoms with Gasteiger partial charge in [-0.05, 0) is 34.7 Å². The fourth-order valence-corrected chi connectivity index (χ4v) is 5.73. The average molecular weight is 479 g/mol. The molecule has 1 fully saturated rings. The van der Waals surface area contributed by atoms with E-state index in [0.717, 1.165) is 23.2 Å². The third-order valence-corrected chi connectivity index (χ3v) is 8.33. The van der Waals surface area contributed by atoms with Crippen molar-refractivity contribution in [2.24, 2.45) is 0 Å². The van der Waals surface area contributed by atoms with Gasteiger partial charge in [0.15, 0.2) is 0 Å². The number of ether oxygens (including phenoxy) is 1. The van der Waals surface area contributed by atoms with Crippen LogP contribution in [0, 0.1) is 0 Å². The van der Waals surface area contributed by atoms with Gasteiger partial charge in [0.2, 0.25) is 10.0 Å². The first-order valence-corrected chi connectivity index (χ1v) is 13.4. The quantitative estimate of drug-likeness (QED) is 0.438. The highest BCUT2D eigenvalue weighted by Crippen LogP contribution is 2.26. The second-order valence-corrected chi connectivity index (χ2v) is 11.0. The van der Waals surface area contributed by atoms with Gasteiger partial charge in [0.25, 0.3) is 0 Å². The summed E-state index contributed by atoms with van der Waals surface area (Å²) in [7, 11) is -3.46. The molecular weight excluding hydrogens is 444 g/mol. The minimum Gasteiger partial charge on any atom is -0.367 e. The zero-order valence-electron chi connectivity index (χ0n) is 20.0. The first-order valence-electron chi connectivity index (χ1n) is 12.0. The SMILES string of the molecule is CC(C)c1ccc(S(=O)(=O)N2CCN(CCOC(c3ccccc3)c3ccccc3)CC2)cc1. The van der Waals surface area contributed by atoms with Crippen LogP contribution in [0.15, 0.2) is 89.8 Å². The Balaban J connectivity index is 1.31. The van der Waals surface area contributed by atoms with E-state index in [1.54, 1.807) is 16.4 Å². The van der Waals surface area contributed by atoms with E-state index >= 15 is 0 Å². The standard InChI is InChI=1S/C28H34N2O3S/c1-23(2)24-13-15-27(16-14-24)34(31,32)30-19-17-29(18-20-30)21-22-33-28(25-9-5-3-6-10-25)26-11-7-4-8-12-26/h3-16,23,28H,17-22H2,1-2H3. The molecule has 0 unspecified atom stereocenters. The molecule has 0 spiro atoms. The summed E-state index contributed by atoms with van der Waals surface area (Å²) in [6, 6.07) is 27.8. The Morgan fingerprint density at radius 3 is 1.76 bits per heavy atom. The van der Waals surface area contributed by atoms with Gasteiger partial charge in [-0.3, -0.25) is 4.90 Å². The summed E-state index contributed by atoms with van der Waals surface area (Å²) in [4.78, 5) is 2.66. The molecule has 6 heteroatoms. The normalized spacial score (nSPS) is 15.8. The van der Waals surface area contributed by atoms with Crippen LogP contribution >= 0.6 is 0 Å². The van der Waals surface area contributed by atoms with Crippen molar-refractivity contribution >= 4 is 10.0 Å².